The average molecular weight is 342 g/mol. The molecule has 1 aliphatic rings. The molecular weight excluding hydrogens is 320 g/mol. The maximum Gasteiger partial charge on any atom is 0.290 e. The zero-order chi connectivity index (χ0) is 18.0. The van der Waals surface area contributed by atoms with Gasteiger partial charge in [0, 0.05) is 11.3 Å². The standard InChI is InChI=1S/C18H22N4O3/c1-11(2)22-18(25)14-10-6-5-9-13(14)15(21-22)17(24)20-19-16(23)12-7-3-4-8-12/h5-6,9-12H,3-4,7-8H2,1-2H3,(H,19,23)(H,20,24). The number of hydrogen-bond acceptors (Lipinski definition) is 4. The van der Waals surface area contributed by atoms with Gasteiger partial charge in [0.1, 0.15) is 0 Å². The molecular formula is C18H22N4O3. The number of carbonyl (C=O) groups is 2. The first-order chi connectivity index (χ1) is 12.0. The highest BCUT2D eigenvalue weighted by molar-refractivity contribution is 6.05. The van der Waals surface area contributed by atoms with Crippen LogP contribution in [0, 0.1) is 5.92 Å². The molecule has 1 aliphatic carbocycles. The van der Waals surface area contributed by atoms with Gasteiger partial charge in [0.2, 0.25) is 5.91 Å². The van der Waals surface area contributed by atoms with Crippen LogP contribution in [-0.2, 0) is 4.79 Å². The minimum absolute atomic E-state index is 0.0466. The lowest BCUT2D eigenvalue weighted by Gasteiger charge is -2.14. The van der Waals surface area contributed by atoms with Crippen molar-refractivity contribution in [3.05, 3.63) is 40.3 Å². The number of nitrogens with zero attached hydrogens (tertiary/aromatic N) is 2. The van der Waals surface area contributed by atoms with Crippen LogP contribution < -0.4 is 16.4 Å². The summed E-state index contributed by atoms with van der Waals surface area (Å²) in [6, 6.07) is 6.67. The molecule has 2 aromatic rings. The van der Waals surface area contributed by atoms with E-state index in [2.05, 4.69) is 16.0 Å². The van der Waals surface area contributed by atoms with E-state index in [4.69, 9.17) is 0 Å². The number of amides is 2. The number of hydrogen-bond donors (Lipinski definition) is 2. The summed E-state index contributed by atoms with van der Waals surface area (Å²) in [4.78, 5) is 37.1. The summed E-state index contributed by atoms with van der Waals surface area (Å²) in [6.07, 6.45) is 3.78. The Hall–Kier alpha value is -2.70. The van der Waals surface area contributed by atoms with Crippen molar-refractivity contribution >= 4 is 22.6 Å². The van der Waals surface area contributed by atoms with Crippen LogP contribution >= 0.6 is 0 Å². The van der Waals surface area contributed by atoms with Crippen LogP contribution in [0.4, 0.5) is 0 Å². The van der Waals surface area contributed by atoms with Gasteiger partial charge in [-0.25, -0.2) is 4.68 Å². The smallest absolute Gasteiger partial charge is 0.273 e. The SMILES string of the molecule is CC(C)n1nc(C(=O)NNC(=O)C2CCCC2)c2ccccc2c1=O. The van der Waals surface area contributed by atoms with Gasteiger partial charge in [-0.3, -0.25) is 25.2 Å². The third-order valence-electron chi connectivity index (χ3n) is 4.56. The Labute approximate surface area is 145 Å². The normalized spacial score (nSPS) is 14.8. The molecule has 0 spiro atoms. The zero-order valence-electron chi connectivity index (χ0n) is 14.4. The van der Waals surface area contributed by atoms with E-state index < -0.39 is 5.91 Å². The molecule has 1 saturated carbocycles. The monoisotopic (exact) mass is 342 g/mol. The fraction of sp³-hybridized carbons (Fsp3) is 0.444. The van der Waals surface area contributed by atoms with Crippen LogP contribution in [0.1, 0.15) is 56.1 Å². The van der Waals surface area contributed by atoms with Gasteiger partial charge in [-0.05, 0) is 32.8 Å². The minimum Gasteiger partial charge on any atom is -0.273 e. The lowest BCUT2D eigenvalue weighted by atomic mass is 10.1. The maximum absolute atomic E-state index is 12.6. The molecule has 0 unspecified atom stereocenters. The van der Waals surface area contributed by atoms with Gasteiger partial charge >= 0.3 is 0 Å². The summed E-state index contributed by atoms with van der Waals surface area (Å²) in [5, 5.41) is 5.11. The highest BCUT2D eigenvalue weighted by Crippen LogP contribution is 2.24. The molecule has 2 N–H and O–H groups in total. The quantitative estimate of drug-likeness (QED) is 0.834. The summed E-state index contributed by atoms with van der Waals surface area (Å²) >= 11 is 0. The highest BCUT2D eigenvalue weighted by Gasteiger charge is 2.24. The number of fused-ring (bicyclic) bond motifs is 1. The average Bonchev–Trinajstić information content (AvgIpc) is 3.14. The van der Waals surface area contributed by atoms with Gasteiger partial charge < -0.3 is 0 Å². The predicted molar refractivity (Wildman–Crippen MR) is 94.0 cm³/mol. The third kappa shape index (κ3) is 3.40. The van der Waals surface area contributed by atoms with Crippen molar-refractivity contribution in [1.29, 1.82) is 0 Å². The Kier molecular flexibility index (Phi) is 4.83. The molecule has 0 bridgehead atoms. The van der Waals surface area contributed by atoms with E-state index in [1.165, 1.54) is 4.68 Å². The Balaban J connectivity index is 1.89. The summed E-state index contributed by atoms with van der Waals surface area (Å²) in [6.45, 7) is 3.65. The molecule has 0 radical (unpaired) electrons. The second-order valence-corrected chi connectivity index (χ2v) is 6.66. The number of hydrazine groups is 1. The van der Waals surface area contributed by atoms with Crippen molar-refractivity contribution < 1.29 is 9.59 Å². The second-order valence-electron chi connectivity index (χ2n) is 6.66. The number of rotatable bonds is 3. The number of aromatic nitrogens is 2. The Morgan fingerprint density at radius 3 is 2.40 bits per heavy atom. The summed E-state index contributed by atoms with van der Waals surface area (Å²) in [5.74, 6) is -0.751. The van der Waals surface area contributed by atoms with E-state index >= 15 is 0 Å². The van der Waals surface area contributed by atoms with Crippen LogP contribution in [0.3, 0.4) is 0 Å². The van der Waals surface area contributed by atoms with Crippen molar-refractivity contribution in [3.8, 4) is 0 Å². The maximum atomic E-state index is 12.6. The first-order valence-electron chi connectivity index (χ1n) is 8.61. The lowest BCUT2D eigenvalue weighted by molar-refractivity contribution is -0.125. The van der Waals surface area contributed by atoms with E-state index in [0.29, 0.717) is 10.8 Å². The van der Waals surface area contributed by atoms with Crippen LogP contribution in [0.25, 0.3) is 10.8 Å². The summed E-state index contributed by atoms with van der Waals surface area (Å²) in [7, 11) is 0. The Bertz CT molecular complexity index is 866. The number of nitrogens with one attached hydrogen (secondary N) is 2. The molecule has 1 heterocycles. The molecule has 1 aromatic carbocycles. The topological polar surface area (TPSA) is 93.1 Å². The largest absolute Gasteiger partial charge is 0.290 e. The predicted octanol–water partition coefficient (Wildman–Crippen LogP) is 1.93. The molecule has 0 aliphatic heterocycles. The van der Waals surface area contributed by atoms with E-state index in [-0.39, 0.29) is 29.1 Å². The molecule has 132 valence electrons. The molecule has 3 rings (SSSR count). The number of benzene rings is 1. The van der Waals surface area contributed by atoms with Crippen LogP contribution in [0.15, 0.2) is 29.1 Å². The molecule has 7 heteroatoms. The molecule has 1 aromatic heterocycles. The van der Waals surface area contributed by atoms with Crippen LogP contribution in [0.2, 0.25) is 0 Å². The van der Waals surface area contributed by atoms with Crippen molar-refractivity contribution in [2.24, 2.45) is 5.92 Å². The molecule has 1 fully saturated rings. The van der Waals surface area contributed by atoms with Gasteiger partial charge in [0.25, 0.3) is 11.5 Å². The molecule has 0 atom stereocenters. The summed E-state index contributed by atoms with van der Waals surface area (Å²) in [5.41, 5.74) is 4.80. The van der Waals surface area contributed by atoms with Crippen molar-refractivity contribution in [1.82, 2.24) is 20.6 Å². The van der Waals surface area contributed by atoms with Crippen LogP contribution in [0.5, 0.6) is 0 Å². The first-order valence-corrected chi connectivity index (χ1v) is 8.61. The zero-order valence-corrected chi connectivity index (χ0v) is 14.4. The first kappa shape index (κ1) is 17.1. The third-order valence-corrected chi connectivity index (χ3v) is 4.56. The molecule has 7 nitrogen and oxygen atoms in total. The molecule has 25 heavy (non-hydrogen) atoms. The second kappa shape index (κ2) is 7.04. The van der Waals surface area contributed by atoms with Crippen molar-refractivity contribution in [2.75, 3.05) is 0 Å². The Morgan fingerprint density at radius 1 is 1.12 bits per heavy atom. The van der Waals surface area contributed by atoms with Gasteiger partial charge in [-0.2, -0.15) is 5.10 Å². The lowest BCUT2D eigenvalue weighted by Crippen LogP contribution is -2.45. The molecule has 0 saturated heterocycles. The fourth-order valence-electron chi connectivity index (χ4n) is 3.19. The van der Waals surface area contributed by atoms with Gasteiger partial charge in [-0.1, -0.05) is 31.0 Å². The highest BCUT2D eigenvalue weighted by atomic mass is 16.2. The van der Waals surface area contributed by atoms with E-state index in [1.54, 1.807) is 24.3 Å². The van der Waals surface area contributed by atoms with E-state index in [0.717, 1.165) is 25.7 Å². The van der Waals surface area contributed by atoms with E-state index in [1.807, 2.05) is 13.8 Å². The van der Waals surface area contributed by atoms with Crippen LogP contribution in [-0.4, -0.2) is 21.6 Å². The summed E-state index contributed by atoms with van der Waals surface area (Å²) < 4.78 is 1.29. The van der Waals surface area contributed by atoms with Gasteiger partial charge in [0.15, 0.2) is 5.69 Å². The van der Waals surface area contributed by atoms with Gasteiger partial charge in [0.05, 0.1) is 11.4 Å². The number of carbonyl (C=O) groups excluding carboxylic acids is 2. The molecule has 2 amide bonds. The van der Waals surface area contributed by atoms with Crippen molar-refractivity contribution in [3.63, 3.8) is 0 Å². The van der Waals surface area contributed by atoms with Gasteiger partial charge in [-0.15, -0.1) is 0 Å². The van der Waals surface area contributed by atoms with Crippen molar-refractivity contribution in [2.45, 2.75) is 45.6 Å². The fourth-order valence-corrected chi connectivity index (χ4v) is 3.19. The van der Waals surface area contributed by atoms with E-state index in [9.17, 15) is 14.4 Å². The minimum atomic E-state index is -0.531. The Morgan fingerprint density at radius 2 is 1.76 bits per heavy atom.